The van der Waals surface area contributed by atoms with Gasteiger partial charge in [-0.3, -0.25) is 9.59 Å². The summed E-state index contributed by atoms with van der Waals surface area (Å²) < 4.78 is 145. The number of amides is 1. The fraction of sp³-hybridized carbons (Fsp3) is 0.241. The highest BCUT2D eigenvalue weighted by atomic mass is 35.5. The summed E-state index contributed by atoms with van der Waals surface area (Å²) in [6.45, 7) is 6.00. The molecule has 4 N–H and O–H groups in total. The predicted molar refractivity (Wildman–Crippen MR) is 431 cm³/mol. The van der Waals surface area contributed by atoms with Gasteiger partial charge in [-0.25, -0.2) is 14.4 Å². The molecule has 1 fully saturated rings. The number of halogens is 13. The highest BCUT2D eigenvalue weighted by Gasteiger charge is 2.48. The Morgan fingerprint density at radius 2 is 0.941 bits per heavy atom. The number of fused-ring (bicyclic) bond motifs is 6. The van der Waals surface area contributed by atoms with Gasteiger partial charge in [0.2, 0.25) is 0 Å². The summed E-state index contributed by atoms with van der Waals surface area (Å²) in [5.74, 6) is -19.4. The SMILES string of the molecule is CCOC(=O)C(=O)c1cc2cc(Cl)ccc2o1.CCOC(=O)C(F)(F)c1cc2cc(Cl)ccc2o1.COC(COc1ccc(Cl)cc1)OC.Clc1ccc2occc2c1.O=C(N[C@H](CN1CCCC1)[C@H](O)c1ccc2c(c1)OCCO2)C(F)(F)c1cc2cc(Cl)ccc2o1.O=C(O)C(F)(F)c1cc2cc(Cl)ccc2o1.Oc1ccc(Cl)cc1. The van der Waals surface area contributed by atoms with Gasteiger partial charge >= 0.3 is 41.5 Å². The smallest absolute Gasteiger partial charge is 0.399 e. The van der Waals surface area contributed by atoms with Crippen LogP contribution in [0.25, 0.3) is 54.8 Å². The van der Waals surface area contributed by atoms with Crippen molar-refractivity contribution >= 4 is 166 Å². The van der Waals surface area contributed by atoms with Crippen LogP contribution in [0.2, 0.25) is 35.2 Å². The average Bonchev–Trinajstić information content (AvgIpc) is 1.61. The van der Waals surface area contributed by atoms with Crippen molar-refractivity contribution in [2.45, 2.75) is 62.9 Å². The molecule has 1 amide bonds. The maximum atomic E-state index is 15.2. The van der Waals surface area contributed by atoms with E-state index in [9.17, 15) is 46.6 Å². The van der Waals surface area contributed by atoms with Gasteiger partial charge in [-0.15, -0.1) is 0 Å². The molecule has 8 aromatic carbocycles. The number of hydrogen-bond acceptors (Lipinski definition) is 20. The topological polar surface area (TPSA) is 292 Å². The molecule has 0 saturated carbocycles. The van der Waals surface area contributed by atoms with E-state index in [1.54, 1.807) is 112 Å². The Balaban J connectivity index is 0.000000166. The Bertz CT molecular complexity index is 5540. The Labute approximate surface area is 703 Å². The molecule has 5 aromatic heterocycles. The third-order valence-corrected chi connectivity index (χ3v) is 18.5. The number of Topliss-reactive ketones (excluding diaryl/α,β-unsaturated/α-hetero) is 1. The number of carbonyl (C=O) groups is 5. The van der Waals surface area contributed by atoms with E-state index in [1.165, 1.54) is 67.6 Å². The molecule has 7 heterocycles. The van der Waals surface area contributed by atoms with Crippen LogP contribution >= 0.6 is 81.2 Å². The third-order valence-electron chi connectivity index (χ3n) is 16.8. The second-order valence-corrected chi connectivity index (χ2v) is 28.2. The van der Waals surface area contributed by atoms with Crippen molar-refractivity contribution in [1.29, 1.82) is 0 Å². The first-order chi connectivity index (χ1) is 56.2. The lowest BCUT2D eigenvalue weighted by Crippen LogP contribution is -2.50. The standard InChI is InChI=1S/C25H25ClF2N2O5.C12H9ClF2O3.C12H9ClO4.C10H5ClF2O3.C10H13ClO3.C8H5ClO.C6H5ClO/c26-17-4-6-19-16(11-17)13-22(35-19)25(27,28)24(32)29-18(14-30-7-1-2-8-30)23(31)15-3-5-20-21(12-15)34-10-9-33-20;1-2-17-11(16)12(14,15)10-6-7-5-8(13)3-4-9(7)18-10;1-2-16-12(15)11(14)10-6-7-5-8(13)3-4-9(7)17-10;11-6-1-2-7-5(3-6)4-8(16-7)10(12,13)9(14)15;1-12-10(13-2)7-14-9-5-3-8(11)4-6-9;9-7-1-2-8-6(5-7)3-4-10-8;7-5-1-3-6(8)4-2-5/h3-6,11-13,18,23,31H,1-2,7-10,14H2,(H,29,32);3-6H,2H2,1H3;3-6H,2H2,1H3;1-4H,(H,14,15);3-6,10H,7H2,1-2H3;1-5H;1-4,8H/t18-,23-;;;;;;/m1....../s1. The van der Waals surface area contributed by atoms with Crippen LogP contribution in [0, 0.1) is 0 Å². The van der Waals surface area contributed by atoms with E-state index in [-0.39, 0.29) is 54.3 Å². The summed E-state index contributed by atoms with van der Waals surface area (Å²) in [6, 6.07) is 47.6. The molecule has 0 spiro atoms. The number of aliphatic carboxylic acids is 1. The van der Waals surface area contributed by atoms with Gasteiger partial charge in [-0.1, -0.05) is 87.3 Å². The molecule has 1 saturated heterocycles. The molecule has 624 valence electrons. The molecule has 35 heteroatoms. The zero-order valence-electron chi connectivity index (χ0n) is 62.4. The minimum Gasteiger partial charge on any atom is -0.508 e. The largest absolute Gasteiger partial charge is 0.508 e. The van der Waals surface area contributed by atoms with Gasteiger partial charge in [0.25, 0.3) is 5.91 Å². The summed E-state index contributed by atoms with van der Waals surface area (Å²) in [5, 5.41) is 37.1. The second kappa shape index (κ2) is 42.4. The monoisotopic (exact) mass is 1770 g/mol. The number of nitrogens with zero attached hydrogens (tertiary/aromatic N) is 1. The van der Waals surface area contributed by atoms with Crippen LogP contribution in [0.4, 0.5) is 26.3 Å². The number of methoxy groups -OCH3 is 2. The average molecular weight is 1780 g/mol. The van der Waals surface area contributed by atoms with Gasteiger partial charge < -0.3 is 80.8 Å². The van der Waals surface area contributed by atoms with E-state index in [2.05, 4.69) is 14.8 Å². The minimum absolute atomic E-state index is 0.0410. The summed E-state index contributed by atoms with van der Waals surface area (Å²) in [7, 11) is 3.14. The van der Waals surface area contributed by atoms with Crippen LogP contribution in [0.3, 0.4) is 0 Å². The molecular weight excluding hydrogens is 1710 g/mol. The normalized spacial score (nSPS) is 13.0. The number of carboxylic acids is 1. The first kappa shape index (κ1) is 91.6. The van der Waals surface area contributed by atoms with E-state index in [0.29, 0.717) is 94.1 Å². The lowest BCUT2D eigenvalue weighted by atomic mass is 10.0. The molecule has 22 nitrogen and oxygen atoms in total. The highest BCUT2D eigenvalue weighted by molar-refractivity contribution is 6.40. The van der Waals surface area contributed by atoms with Gasteiger partial charge in [-0.2, -0.15) is 26.3 Å². The number of aliphatic hydroxyl groups is 1. The number of hydrogen-bond donors (Lipinski definition) is 4. The molecule has 0 aliphatic carbocycles. The number of ether oxygens (including phenoxy) is 7. The van der Waals surface area contributed by atoms with Crippen molar-refractivity contribution in [2.24, 2.45) is 0 Å². The van der Waals surface area contributed by atoms with Gasteiger partial charge in [0.15, 0.2) is 40.8 Å². The van der Waals surface area contributed by atoms with Crippen molar-refractivity contribution in [3.63, 3.8) is 0 Å². The second-order valence-electron chi connectivity index (χ2n) is 25.2. The fourth-order valence-electron chi connectivity index (χ4n) is 11.0. The molecule has 2 atom stereocenters. The molecule has 0 unspecified atom stereocenters. The van der Waals surface area contributed by atoms with Crippen molar-refractivity contribution in [3.05, 3.63) is 258 Å². The molecule has 118 heavy (non-hydrogen) atoms. The summed E-state index contributed by atoms with van der Waals surface area (Å²) >= 11 is 40.1. The van der Waals surface area contributed by atoms with Crippen LogP contribution in [-0.2, 0) is 55.9 Å². The Kier molecular flexibility index (Phi) is 32.9. The number of carboxylic acid groups (broad SMARTS) is 1. The molecule has 0 bridgehead atoms. The number of aromatic hydroxyl groups is 1. The van der Waals surface area contributed by atoms with Crippen LogP contribution in [0.5, 0.6) is 23.0 Å². The van der Waals surface area contributed by atoms with E-state index in [0.717, 1.165) is 65.9 Å². The molecule has 2 aliphatic rings. The Hall–Kier alpha value is -10.3. The number of furan rings is 5. The number of phenols is 1. The van der Waals surface area contributed by atoms with Crippen molar-refractivity contribution in [1.82, 2.24) is 10.2 Å². The van der Waals surface area contributed by atoms with Crippen LogP contribution in [0.15, 0.2) is 216 Å². The maximum absolute atomic E-state index is 15.2. The number of esters is 2. The van der Waals surface area contributed by atoms with Crippen molar-refractivity contribution in [2.75, 3.05) is 66.9 Å². The fourth-order valence-corrected chi connectivity index (χ4v) is 12.1. The van der Waals surface area contributed by atoms with E-state index in [1.807, 2.05) is 29.2 Å². The molecule has 13 aromatic rings. The number of nitrogens with one attached hydrogen (secondary N) is 1. The first-order valence-electron chi connectivity index (χ1n) is 35.3. The Morgan fingerprint density at radius 1 is 0.500 bits per heavy atom. The quantitative estimate of drug-likeness (QED) is 0.0181. The summed E-state index contributed by atoms with van der Waals surface area (Å²) in [5.41, 5.74) is 2.41. The molecule has 2 aliphatic heterocycles. The zero-order valence-corrected chi connectivity index (χ0v) is 67.7. The predicted octanol–water partition coefficient (Wildman–Crippen LogP) is 21.6. The number of likely N-dealkylation sites (tertiary alicyclic amines) is 1. The Morgan fingerprint density at radius 3 is 1.42 bits per heavy atom. The first-order valence-corrected chi connectivity index (χ1v) is 38.0. The molecule has 0 radical (unpaired) electrons. The van der Waals surface area contributed by atoms with Crippen LogP contribution in [-0.4, -0.2) is 129 Å². The van der Waals surface area contributed by atoms with Gasteiger partial charge in [0.05, 0.1) is 25.5 Å². The highest BCUT2D eigenvalue weighted by Crippen LogP contribution is 2.40. The lowest BCUT2D eigenvalue weighted by molar-refractivity contribution is -0.175. The third kappa shape index (κ3) is 25.1. The van der Waals surface area contributed by atoms with Crippen molar-refractivity contribution < 1.29 is 121 Å². The number of carbonyl (C=O) groups excluding carboxylic acids is 4. The minimum atomic E-state index is -4.04. The number of rotatable bonds is 20. The van der Waals surface area contributed by atoms with Gasteiger partial charge in [0.1, 0.15) is 65.3 Å². The van der Waals surface area contributed by atoms with Gasteiger partial charge in [-0.05, 0) is 227 Å². The molecular formula is C83H71Cl7F6N2O20. The van der Waals surface area contributed by atoms with Crippen LogP contribution in [0.1, 0.15) is 66.2 Å². The molecule has 15 rings (SSSR count). The van der Waals surface area contributed by atoms with Crippen LogP contribution < -0.4 is 19.5 Å². The number of phenolic OH excluding ortho intramolecular Hbond substituents is 1. The maximum Gasteiger partial charge on any atom is 0.399 e. The van der Waals surface area contributed by atoms with E-state index >= 15 is 8.78 Å². The number of aliphatic hydroxyl groups excluding tert-OH is 1. The van der Waals surface area contributed by atoms with Gasteiger partial charge in [0, 0.05) is 82.9 Å². The van der Waals surface area contributed by atoms with E-state index in [4.69, 9.17) is 137 Å². The number of alkyl halides is 6. The summed E-state index contributed by atoms with van der Waals surface area (Å²) in [4.78, 5) is 59.2. The van der Waals surface area contributed by atoms with E-state index < -0.39 is 76.8 Å². The zero-order chi connectivity index (χ0) is 85.6. The van der Waals surface area contributed by atoms with Crippen molar-refractivity contribution in [3.8, 4) is 23.0 Å². The number of ketones is 1. The number of benzene rings is 8. The summed E-state index contributed by atoms with van der Waals surface area (Å²) in [6.07, 6.45) is 2.00. The lowest BCUT2D eigenvalue weighted by Gasteiger charge is -2.30.